The van der Waals surface area contributed by atoms with Crippen molar-refractivity contribution in [3.63, 3.8) is 0 Å². The highest BCUT2D eigenvalue weighted by Crippen LogP contribution is 2.30. The Morgan fingerprint density at radius 1 is 1.12 bits per heavy atom. The Morgan fingerprint density at radius 3 is 2.65 bits per heavy atom. The Labute approximate surface area is 115 Å². The van der Waals surface area contributed by atoms with E-state index in [9.17, 15) is 0 Å². The third-order valence-electron chi connectivity index (χ3n) is 2.49. The van der Waals surface area contributed by atoms with Crippen LogP contribution in [0.1, 0.15) is 11.1 Å². The molecule has 0 saturated carbocycles. The van der Waals surface area contributed by atoms with Crippen molar-refractivity contribution in [2.24, 2.45) is 0 Å². The Bertz CT molecular complexity index is 525. The summed E-state index contributed by atoms with van der Waals surface area (Å²) in [5.41, 5.74) is 2.19. The first-order valence-corrected chi connectivity index (χ1v) is 6.78. The molecule has 0 saturated heterocycles. The maximum atomic E-state index is 5.97. The van der Waals surface area contributed by atoms with E-state index >= 15 is 0 Å². The minimum atomic E-state index is 0.682. The van der Waals surface area contributed by atoms with Crippen LogP contribution in [0.3, 0.4) is 0 Å². The average Bonchev–Trinajstić information content (AvgIpc) is 2.34. The molecule has 0 aliphatic heterocycles. The van der Waals surface area contributed by atoms with Gasteiger partial charge in [-0.25, -0.2) is 0 Å². The largest absolute Gasteiger partial charge is 0.457 e. The Balaban J connectivity index is 2.34. The standard InChI is InChI=1S/C14H12BrClO/c1-10-6-7-12(16)8-14(10)17-13-5-3-2-4-11(13)9-15/h2-8H,9H2,1H3. The van der Waals surface area contributed by atoms with Crippen molar-refractivity contribution < 1.29 is 4.74 Å². The van der Waals surface area contributed by atoms with Crippen LogP contribution < -0.4 is 4.74 Å². The number of aryl methyl sites for hydroxylation is 1. The van der Waals surface area contributed by atoms with Gasteiger partial charge in [0.05, 0.1) is 0 Å². The van der Waals surface area contributed by atoms with Gasteiger partial charge in [0.1, 0.15) is 11.5 Å². The lowest BCUT2D eigenvalue weighted by atomic mass is 10.2. The van der Waals surface area contributed by atoms with Gasteiger partial charge in [-0.1, -0.05) is 51.8 Å². The van der Waals surface area contributed by atoms with E-state index in [1.165, 1.54) is 0 Å². The summed E-state index contributed by atoms with van der Waals surface area (Å²) in [7, 11) is 0. The van der Waals surface area contributed by atoms with Crippen LogP contribution in [0.25, 0.3) is 0 Å². The molecule has 2 aromatic carbocycles. The summed E-state index contributed by atoms with van der Waals surface area (Å²) in [5.74, 6) is 1.65. The highest BCUT2D eigenvalue weighted by Gasteiger charge is 2.06. The van der Waals surface area contributed by atoms with Crippen LogP contribution >= 0.6 is 27.5 Å². The minimum Gasteiger partial charge on any atom is -0.457 e. The second-order valence-corrected chi connectivity index (χ2v) is 4.75. The molecule has 0 amide bonds. The fourth-order valence-electron chi connectivity index (χ4n) is 1.52. The fraction of sp³-hybridized carbons (Fsp3) is 0.143. The van der Waals surface area contributed by atoms with E-state index in [1.54, 1.807) is 0 Å². The van der Waals surface area contributed by atoms with Gasteiger partial charge in [0.2, 0.25) is 0 Å². The summed E-state index contributed by atoms with van der Waals surface area (Å²) in [4.78, 5) is 0. The number of para-hydroxylation sites is 1. The van der Waals surface area contributed by atoms with Crippen molar-refractivity contribution in [3.05, 3.63) is 58.6 Å². The van der Waals surface area contributed by atoms with E-state index in [1.807, 2.05) is 49.4 Å². The topological polar surface area (TPSA) is 9.23 Å². The minimum absolute atomic E-state index is 0.682. The van der Waals surface area contributed by atoms with E-state index < -0.39 is 0 Å². The summed E-state index contributed by atoms with van der Waals surface area (Å²) >= 11 is 9.42. The molecule has 0 bridgehead atoms. The summed E-state index contributed by atoms with van der Waals surface area (Å²) in [6.45, 7) is 2.00. The fourth-order valence-corrected chi connectivity index (χ4v) is 2.14. The third-order valence-corrected chi connectivity index (χ3v) is 3.33. The van der Waals surface area contributed by atoms with Crippen LogP contribution in [0.15, 0.2) is 42.5 Å². The lowest BCUT2D eigenvalue weighted by Gasteiger charge is -2.11. The quantitative estimate of drug-likeness (QED) is 0.696. The van der Waals surface area contributed by atoms with Gasteiger partial charge in [-0.05, 0) is 30.7 Å². The molecule has 1 nitrogen and oxygen atoms in total. The Hall–Kier alpha value is -0.990. The predicted molar refractivity (Wildman–Crippen MR) is 75.3 cm³/mol. The number of halogens is 2. The van der Waals surface area contributed by atoms with Gasteiger partial charge in [0, 0.05) is 15.9 Å². The van der Waals surface area contributed by atoms with Gasteiger partial charge in [0.25, 0.3) is 0 Å². The monoisotopic (exact) mass is 310 g/mol. The molecule has 0 spiro atoms. The summed E-state index contributed by atoms with van der Waals surface area (Å²) in [5, 5.41) is 1.45. The molecule has 0 fully saturated rings. The normalized spacial score (nSPS) is 10.3. The molecule has 0 radical (unpaired) electrons. The first-order chi connectivity index (χ1) is 8.20. The highest BCUT2D eigenvalue weighted by atomic mass is 79.9. The first-order valence-electron chi connectivity index (χ1n) is 5.28. The van der Waals surface area contributed by atoms with Crippen LogP contribution in [0.2, 0.25) is 5.02 Å². The smallest absolute Gasteiger partial charge is 0.131 e. The second-order valence-electron chi connectivity index (χ2n) is 3.75. The number of benzene rings is 2. The summed E-state index contributed by atoms with van der Waals surface area (Å²) in [6.07, 6.45) is 0. The molecule has 2 aromatic rings. The highest BCUT2D eigenvalue weighted by molar-refractivity contribution is 9.08. The second kappa shape index (κ2) is 5.56. The van der Waals surface area contributed by atoms with Crippen molar-refractivity contribution in [2.45, 2.75) is 12.3 Å². The number of ether oxygens (including phenoxy) is 1. The lowest BCUT2D eigenvalue weighted by Crippen LogP contribution is -1.91. The average molecular weight is 312 g/mol. The molecular weight excluding hydrogens is 300 g/mol. The van der Waals surface area contributed by atoms with Crippen LogP contribution in [0, 0.1) is 6.92 Å². The molecule has 88 valence electrons. The maximum absolute atomic E-state index is 5.97. The summed E-state index contributed by atoms with van der Waals surface area (Å²) in [6, 6.07) is 13.6. The molecule has 0 aliphatic carbocycles. The van der Waals surface area contributed by atoms with Crippen LogP contribution in [-0.4, -0.2) is 0 Å². The lowest BCUT2D eigenvalue weighted by molar-refractivity contribution is 0.475. The molecule has 0 heterocycles. The van der Waals surface area contributed by atoms with Crippen LogP contribution in [-0.2, 0) is 5.33 Å². The van der Waals surface area contributed by atoms with E-state index in [2.05, 4.69) is 15.9 Å². The van der Waals surface area contributed by atoms with E-state index in [0.717, 1.165) is 28.0 Å². The van der Waals surface area contributed by atoms with Crippen molar-refractivity contribution in [1.29, 1.82) is 0 Å². The van der Waals surface area contributed by atoms with Gasteiger partial charge in [-0.15, -0.1) is 0 Å². The summed E-state index contributed by atoms with van der Waals surface area (Å²) < 4.78 is 5.90. The molecule has 0 aromatic heterocycles. The van der Waals surface area contributed by atoms with Gasteiger partial charge in [-0.2, -0.15) is 0 Å². The molecule has 0 unspecified atom stereocenters. The number of rotatable bonds is 3. The molecule has 0 N–H and O–H groups in total. The maximum Gasteiger partial charge on any atom is 0.131 e. The number of hydrogen-bond donors (Lipinski definition) is 0. The first kappa shape index (κ1) is 12.5. The molecule has 0 atom stereocenters. The zero-order valence-electron chi connectivity index (χ0n) is 9.41. The van der Waals surface area contributed by atoms with Crippen molar-refractivity contribution in [3.8, 4) is 11.5 Å². The zero-order chi connectivity index (χ0) is 12.3. The van der Waals surface area contributed by atoms with Crippen molar-refractivity contribution >= 4 is 27.5 Å². The van der Waals surface area contributed by atoms with Crippen LogP contribution in [0.4, 0.5) is 0 Å². The van der Waals surface area contributed by atoms with Gasteiger partial charge in [0.15, 0.2) is 0 Å². The predicted octanol–water partition coefficient (Wildman–Crippen LogP) is 5.34. The van der Waals surface area contributed by atoms with Gasteiger partial charge >= 0.3 is 0 Å². The van der Waals surface area contributed by atoms with E-state index in [0.29, 0.717) is 5.02 Å². The van der Waals surface area contributed by atoms with Crippen LogP contribution in [0.5, 0.6) is 11.5 Å². The molecular formula is C14H12BrClO. The zero-order valence-corrected chi connectivity index (χ0v) is 11.8. The third kappa shape index (κ3) is 3.02. The molecule has 0 aliphatic rings. The number of hydrogen-bond acceptors (Lipinski definition) is 1. The number of alkyl halides is 1. The van der Waals surface area contributed by atoms with Crippen molar-refractivity contribution in [1.82, 2.24) is 0 Å². The van der Waals surface area contributed by atoms with E-state index in [-0.39, 0.29) is 0 Å². The van der Waals surface area contributed by atoms with E-state index in [4.69, 9.17) is 16.3 Å². The Kier molecular flexibility index (Phi) is 4.08. The van der Waals surface area contributed by atoms with Gasteiger partial charge in [-0.3, -0.25) is 0 Å². The SMILES string of the molecule is Cc1ccc(Cl)cc1Oc1ccccc1CBr. The van der Waals surface area contributed by atoms with Gasteiger partial charge < -0.3 is 4.74 Å². The molecule has 2 rings (SSSR count). The van der Waals surface area contributed by atoms with Crippen molar-refractivity contribution in [2.75, 3.05) is 0 Å². The molecule has 3 heteroatoms. The Morgan fingerprint density at radius 2 is 1.88 bits per heavy atom. The molecule has 17 heavy (non-hydrogen) atoms.